The van der Waals surface area contributed by atoms with Crippen LogP contribution in [0.4, 0.5) is 15.8 Å². The van der Waals surface area contributed by atoms with Gasteiger partial charge < -0.3 is 10.1 Å². The molecule has 32 heavy (non-hydrogen) atoms. The van der Waals surface area contributed by atoms with E-state index in [2.05, 4.69) is 10.0 Å². The summed E-state index contributed by atoms with van der Waals surface area (Å²) in [7, 11) is -4.10. The number of nitriles is 1. The fourth-order valence-electron chi connectivity index (χ4n) is 2.85. The molecule has 0 aliphatic heterocycles. The minimum absolute atomic E-state index is 0.103. The maximum atomic E-state index is 13.9. The van der Waals surface area contributed by atoms with Crippen molar-refractivity contribution in [2.24, 2.45) is 0 Å². The fourth-order valence-corrected chi connectivity index (χ4v) is 4.19. The first kappa shape index (κ1) is 22.8. The van der Waals surface area contributed by atoms with E-state index in [1.54, 1.807) is 31.2 Å². The van der Waals surface area contributed by atoms with Gasteiger partial charge in [-0.05, 0) is 61.9 Å². The predicted octanol–water partition coefficient (Wildman–Crippen LogP) is 4.21. The van der Waals surface area contributed by atoms with Gasteiger partial charge in [0.05, 0.1) is 22.2 Å². The second-order valence-electron chi connectivity index (χ2n) is 6.95. The van der Waals surface area contributed by atoms with E-state index in [0.29, 0.717) is 16.9 Å². The number of halogens is 1. The summed E-state index contributed by atoms with van der Waals surface area (Å²) >= 11 is 0. The Labute approximate surface area is 185 Å². The van der Waals surface area contributed by atoms with Crippen LogP contribution in [0.15, 0.2) is 71.6 Å². The number of hydrogen-bond donors (Lipinski definition) is 2. The van der Waals surface area contributed by atoms with Gasteiger partial charge >= 0.3 is 0 Å². The molecule has 0 saturated carbocycles. The number of aryl methyl sites for hydroxylation is 1. The SMILES string of the molecule is Cc1ccc(NC(=O)C(C)Oc2cccc(C#N)c2)cc1S(=O)(=O)Nc1ccccc1F. The molecule has 9 heteroatoms. The van der Waals surface area contributed by atoms with Gasteiger partial charge in [-0.2, -0.15) is 5.26 Å². The second kappa shape index (κ2) is 9.49. The highest BCUT2D eigenvalue weighted by Crippen LogP contribution is 2.24. The first-order valence-electron chi connectivity index (χ1n) is 9.55. The van der Waals surface area contributed by atoms with E-state index in [0.717, 1.165) is 6.07 Å². The summed E-state index contributed by atoms with van der Waals surface area (Å²) in [6.07, 6.45) is -0.915. The average molecular weight is 453 g/mol. The maximum Gasteiger partial charge on any atom is 0.265 e. The van der Waals surface area contributed by atoms with Crippen LogP contribution in [-0.4, -0.2) is 20.4 Å². The zero-order chi connectivity index (χ0) is 23.3. The molecule has 3 aromatic carbocycles. The zero-order valence-corrected chi connectivity index (χ0v) is 18.1. The molecule has 1 atom stereocenters. The summed E-state index contributed by atoms with van der Waals surface area (Å²) in [6, 6.07) is 18.2. The van der Waals surface area contributed by atoms with Gasteiger partial charge in [0.2, 0.25) is 0 Å². The molecule has 0 fully saturated rings. The van der Waals surface area contributed by atoms with Crippen molar-refractivity contribution in [2.75, 3.05) is 10.0 Å². The number of anilines is 2. The number of carbonyl (C=O) groups is 1. The largest absolute Gasteiger partial charge is 0.481 e. The highest BCUT2D eigenvalue weighted by Gasteiger charge is 2.21. The number of benzene rings is 3. The minimum atomic E-state index is -4.10. The van der Waals surface area contributed by atoms with Crippen LogP contribution >= 0.6 is 0 Å². The van der Waals surface area contributed by atoms with Crippen LogP contribution in [0.25, 0.3) is 0 Å². The molecular weight excluding hydrogens is 433 g/mol. The zero-order valence-electron chi connectivity index (χ0n) is 17.3. The van der Waals surface area contributed by atoms with E-state index in [1.165, 1.54) is 43.3 Å². The van der Waals surface area contributed by atoms with Crippen LogP contribution in [0.3, 0.4) is 0 Å². The molecule has 0 radical (unpaired) electrons. The molecule has 3 aromatic rings. The summed E-state index contributed by atoms with van der Waals surface area (Å²) in [5, 5.41) is 11.6. The Kier molecular flexibility index (Phi) is 6.76. The van der Waals surface area contributed by atoms with Crippen LogP contribution in [0.5, 0.6) is 5.75 Å². The maximum absolute atomic E-state index is 13.9. The Morgan fingerprint density at radius 2 is 1.84 bits per heavy atom. The Balaban J connectivity index is 1.77. The smallest absolute Gasteiger partial charge is 0.265 e. The lowest BCUT2D eigenvalue weighted by Crippen LogP contribution is -2.30. The van der Waals surface area contributed by atoms with Gasteiger partial charge in [0.1, 0.15) is 11.6 Å². The first-order chi connectivity index (χ1) is 15.2. The molecule has 0 aliphatic carbocycles. The van der Waals surface area contributed by atoms with E-state index in [1.807, 2.05) is 6.07 Å². The van der Waals surface area contributed by atoms with Crippen molar-refractivity contribution < 1.29 is 22.3 Å². The summed E-state index contributed by atoms with van der Waals surface area (Å²) < 4.78 is 47.3. The molecular formula is C23H20FN3O4S. The summed E-state index contributed by atoms with van der Waals surface area (Å²) in [5.74, 6) is -0.862. The third-order valence-corrected chi connectivity index (χ3v) is 6.02. The minimum Gasteiger partial charge on any atom is -0.481 e. The van der Waals surface area contributed by atoms with Crippen LogP contribution in [0, 0.1) is 24.1 Å². The number of hydrogen-bond acceptors (Lipinski definition) is 5. The van der Waals surface area contributed by atoms with Crippen LogP contribution in [0.2, 0.25) is 0 Å². The van der Waals surface area contributed by atoms with Gasteiger partial charge in [-0.25, -0.2) is 12.8 Å². The number of para-hydroxylation sites is 1. The van der Waals surface area contributed by atoms with Crippen LogP contribution in [-0.2, 0) is 14.8 Å². The fraction of sp³-hybridized carbons (Fsp3) is 0.130. The van der Waals surface area contributed by atoms with E-state index >= 15 is 0 Å². The van der Waals surface area contributed by atoms with Gasteiger partial charge in [-0.3, -0.25) is 9.52 Å². The monoisotopic (exact) mass is 453 g/mol. The third kappa shape index (κ3) is 5.42. The average Bonchev–Trinajstić information content (AvgIpc) is 2.76. The number of nitrogens with zero attached hydrogens (tertiary/aromatic N) is 1. The molecule has 0 spiro atoms. The molecule has 1 unspecified atom stereocenters. The van der Waals surface area contributed by atoms with E-state index in [4.69, 9.17) is 10.00 Å². The Hall–Kier alpha value is -3.90. The molecule has 3 rings (SSSR count). The number of carbonyl (C=O) groups excluding carboxylic acids is 1. The van der Waals surface area contributed by atoms with Crippen molar-refractivity contribution in [3.8, 4) is 11.8 Å². The molecule has 164 valence electrons. The lowest BCUT2D eigenvalue weighted by atomic mass is 10.2. The lowest BCUT2D eigenvalue weighted by Gasteiger charge is -2.16. The highest BCUT2D eigenvalue weighted by atomic mass is 32.2. The normalized spacial score (nSPS) is 11.8. The van der Waals surface area contributed by atoms with Gasteiger partial charge in [0.25, 0.3) is 15.9 Å². The summed E-state index contributed by atoms with van der Waals surface area (Å²) in [5.41, 5.74) is 0.869. The van der Waals surface area contributed by atoms with Crippen LogP contribution < -0.4 is 14.8 Å². The van der Waals surface area contributed by atoms with Crippen molar-refractivity contribution in [2.45, 2.75) is 24.8 Å². The molecule has 0 saturated heterocycles. The van der Waals surface area contributed by atoms with Crippen molar-refractivity contribution in [1.82, 2.24) is 0 Å². The number of ether oxygens (including phenoxy) is 1. The molecule has 0 aromatic heterocycles. The number of nitrogens with one attached hydrogen (secondary N) is 2. The Morgan fingerprint density at radius 3 is 2.56 bits per heavy atom. The Bertz CT molecular complexity index is 1300. The second-order valence-corrected chi connectivity index (χ2v) is 8.61. The molecule has 0 aliphatic rings. The molecule has 0 bridgehead atoms. The number of sulfonamides is 1. The predicted molar refractivity (Wildman–Crippen MR) is 118 cm³/mol. The molecule has 7 nitrogen and oxygen atoms in total. The summed E-state index contributed by atoms with van der Waals surface area (Å²) in [6.45, 7) is 3.12. The molecule has 1 amide bonds. The topological polar surface area (TPSA) is 108 Å². The molecule has 2 N–H and O–H groups in total. The van der Waals surface area contributed by atoms with E-state index < -0.39 is 27.9 Å². The third-order valence-electron chi connectivity index (χ3n) is 4.51. The highest BCUT2D eigenvalue weighted by molar-refractivity contribution is 7.92. The van der Waals surface area contributed by atoms with E-state index in [9.17, 15) is 17.6 Å². The van der Waals surface area contributed by atoms with Crippen LogP contribution in [0.1, 0.15) is 18.1 Å². The van der Waals surface area contributed by atoms with Crippen molar-refractivity contribution >= 4 is 27.3 Å². The van der Waals surface area contributed by atoms with Crippen molar-refractivity contribution in [3.05, 3.63) is 83.7 Å². The van der Waals surface area contributed by atoms with Crippen molar-refractivity contribution in [3.63, 3.8) is 0 Å². The first-order valence-corrected chi connectivity index (χ1v) is 11.0. The van der Waals surface area contributed by atoms with E-state index in [-0.39, 0.29) is 16.3 Å². The van der Waals surface area contributed by atoms with Gasteiger partial charge in [-0.15, -0.1) is 0 Å². The Morgan fingerprint density at radius 1 is 1.09 bits per heavy atom. The standard InChI is InChI=1S/C23H20FN3O4S/c1-15-10-11-18(13-22(15)32(29,30)27-21-9-4-3-8-20(21)24)26-23(28)16(2)31-19-7-5-6-17(12-19)14-25/h3-13,16,27H,1-2H3,(H,26,28). The number of rotatable bonds is 7. The molecule has 0 heterocycles. The number of amides is 1. The van der Waals surface area contributed by atoms with Gasteiger partial charge in [-0.1, -0.05) is 24.3 Å². The van der Waals surface area contributed by atoms with Crippen molar-refractivity contribution in [1.29, 1.82) is 5.26 Å². The quantitative estimate of drug-likeness (QED) is 0.557. The van der Waals surface area contributed by atoms with Gasteiger partial charge in [0, 0.05) is 5.69 Å². The van der Waals surface area contributed by atoms with Gasteiger partial charge in [0.15, 0.2) is 6.10 Å². The lowest BCUT2D eigenvalue weighted by molar-refractivity contribution is -0.122. The summed E-state index contributed by atoms with van der Waals surface area (Å²) in [4.78, 5) is 12.4.